The van der Waals surface area contributed by atoms with Crippen LogP contribution in [-0.2, 0) is 14.3 Å². The van der Waals surface area contributed by atoms with Crippen LogP contribution in [0.1, 0.15) is 348 Å². The molecule has 0 aliphatic heterocycles. The molecule has 0 aromatic rings. The zero-order chi connectivity index (χ0) is 52.2. The number of amides is 1. The molecule has 3 N–H and O–H groups in total. The summed E-state index contributed by atoms with van der Waals surface area (Å²) >= 11 is 0. The van der Waals surface area contributed by atoms with Gasteiger partial charge in [-0.2, -0.15) is 0 Å². The van der Waals surface area contributed by atoms with Gasteiger partial charge in [0, 0.05) is 12.8 Å². The molecule has 0 fully saturated rings. The Hall–Kier alpha value is -1.92. The highest BCUT2D eigenvalue weighted by atomic mass is 16.5. The predicted octanol–water partition coefficient (Wildman–Crippen LogP) is 20.4. The average Bonchev–Trinajstić information content (AvgIpc) is 3.38. The van der Waals surface area contributed by atoms with Crippen molar-refractivity contribution >= 4 is 11.9 Å². The molecule has 0 saturated carbocycles. The molecular formula is C66H125NO5. The third-order valence-electron chi connectivity index (χ3n) is 14.9. The number of nitrogens with one attached hydrogen (secondary N) is 1. The van der Waals surface area contributed by atoms with E-state index >= 15 is 0 Å². The summed E-state index contributed by atoms with van der Waals surface area (Å²) in [6, 6.07) is -0.541. The number of esters is 1. The fourth-order valence-electron chi connectivity index (χ4n) is 9.96. The van der Waals surface area contributed by atoms with Gasteiger partial charge in [-0.1, -0.05) is 288 Å². The van der Waals surface area contributed by atoms with Gasteiger partial charge in [0.1, 0.15) is 0 Å². The van der Waals surface area contributed by atoms with E-state index in [1.54, 1.807) is 0 Å². The Balaban J connectivity index is 3.35. The molecule has 0 saturated heterocycles. The average molecular weight is 1010 g/mol. The number of allylic oxidation sites excluding steroid dienone is 6. The van der Waals surface area contributed by atoms with Crippen LogP contribution < -0.4 is 5.32 Å². The second-order valence-corrected chi connectivity index (χ2v) is 22.1. The van der Waals surface area contributed by atoms with E-state index in [2.05, 4.69) is 55.6 Å². The maximum atomic E-state index is 12.4. The van der Waals surface area contributed by atoms with Crippen LogP contribution in [0, 0.1) is 0 Å². The molecule has 0 spiro atoms. The van der Waals surface area contributed by atoms with Gasteiger partial charge in [-0.25, -0.2) is 0 Å². The Labute approximate surface area is 449 Å². The van der Waals surface area contributed by atoms with E-state index in [1.807, 2.05) is 0 Å². The molecule has 6 heteroatoms. The normalized spacial score (nSPS) is 12.8. The summed E-state index contributed by atoms with van der Waals surface area (Å²) in [6.45, 7) is 4.93. The molecule has 0 bridgehead atoms. The molecule has 424 valence electrons. The number of unbranched alkanes of at least 4 members (excludes halogenated alkanes) is 43. The highest BCUT2D eigenvalue weighted by Gasteiger charge is 2.20. The van der Waals surface area contributed by atoms with Crippen LogP contribution in [0.3, 0.4) is 0 Å². The van der Waals surface area contributed by atoms with Crippen LogP contribution in [0.15, 0.2) is 36.5 Å². The van der Waals surface area contributed by atoms with Crippen LogP contribution in [0.4, 0.5) is 0 Å². The zero-order valence-corrected chi connectivity index (χ0v) is 48.4. The van der Waals surface area contributed by atoms with Gasteiger partial charge in [0.2, 0.25) is 5.91 Å². The van der Waals surface area contributed by atoms with E-state index in [0.717, 1.165) is 51.4 Å². The molecule has 0 aliphatic rings. The lowest BCUT2D eigenvalue weighted by molar-refractivity contribution is -0.143. The van der Waals surface area contributed by atoms with Crippen LogP contribution in [0.5, 0.6) is 0 Å². The van der Waals surface area contributed by atoms with Crippen molar-refractivity contribution in [1.29, 1.82) is 0 Å². The van der Waals surface area contributed by atoms with Crippen molar-refractivity contribution in [3.8, 4) is 0 Å². The Bertz CT molecular complexity index is 1170. The molecule has 1 amide bonds. The Morgan fingerprint density at radius 2 is 0.694 bits per heavy atom. The summed E-state index contributed by atoms with van der Waals surface area (Å²) in [4.78, 5) is 24.5. The van der Waals surface area contributed by atoms with Crippen molar-refractivity contribution in [2.75, 3.05) is 13.2 Å². The number of hydrogen-bond donors (Lipinski definition) is 3. The highest BCUT2D eigenvalue weighted by Crippen LogP contribution is 2.17. The van der Waals surface area contributed by atoms with Crippen molar-refractivity contribution in [2.24, 2.45) is 0 Å². The summed E-state index contributed by atoms with van der Waals surface area (Å²) < 4.78 is 5.50. The largest absolute Gasteiger partial charge is 0.466 e. The number of ether oxygens (including phenoxy) is 1. The first kappa shape index (κ1) is 70.1. The minimum absolute atomic E-state index is 0.0106. The Morgan fingerprint density at radius 3 is 1.10 bits per heavy atom. The van der Waals surface area contributed by atoms with Crippen molar-refractivity contribution in [2.45, 2.75) is 360 Å². The predicted molar refractivity (Wildman–Crippen MR) is 315 cm³/mol. The maximum Gasteiger partial charge on any atom is 0.305 e. The highest BCUT2D eigenvalue weighted by molar-refractivity contribution is 5.76. The summed E-state index contributed by atoms with van der Waals surface area (Å²) in [6.07, 6.45) is 77.5. The van der Waals surface area contributed by atoms with E-state index in [9.17, 15) is 19.8 Å². The van der Waals surface area contributed by atoms with Crippen LogP contribution in [0.25, 0.3) is 0 Å². The standard InChI is InChI=1S/C66H125NO5/c1-3-5-7-9-11-13-15-16-17-18-27-31-34-37-40-44-48-52-56-60-66(71)72-61-57-53-49-45-41-38-35-32-29-26-24-22-20-19-21-23-25-28-30-33-36-39-43-47-51-55-59-65(70)67-63(62-68)64(69)58-54-50-46-42-14-12-10-8-6-4-2/h11,13,16-17,19,21,63-64,68-69H,3-10,12,14-15,18,20,22-62H2,1-2H3,(H,67,70)/b13-11-,17-16-,21-19-. The molecule has 2 atom stereocenters. The third kappa shape index (κ3) is 57.4. The second-order valence-electron chi connectivity index (χ2n) is 22.1. The molecule has 0 aromatic heterocycles. The fourth-order valence-corrected chi connectivity index (χ4v) is 9.96. The first-order valence-corrected chi connectivity index (χ1v) is 32.2. The number of carbonyl (C=O) groups is 2. The minimum Gasteiger partial charge on any atom is -0.466 e. The van der Waals surface area contributed by atoms with Gasteiger partial charge in [0.25, 0.3) is 0 Å². The number of aliphatic hydroxyl groups excluding tert-OH is 2. The van der Waals surface area contributed by atoms with E-state index in [4.69, 9.17) is 4.74 Å². The van der Waals surface area contributed by atoms with Gasteiger partial charge < -0.3 is 20.3 Å². The number of carbonyl (C=O) groups excluding carboxylic acids is 2. The van der Waals surface area contributed by atoms with Crippen molar-refractivity contribution < 1.29 is 24.5 Å². The third-order valence-corrected chi connectivity index (χ3v) is 14.9. The van der Waals surface area contributed by atoms with Gasteiger partial charge in [0.05, 0.1) is 25.4 Å². The lowest BCUT2D eigenvalue weighted by atomic mass is 10.0. The number of hydrogen-bond acceptors (Lipinski definition) is 5. The maximum absolute atomic E-state index is 12.4. The Kier molecular flexibility index (Phi) is 60.0. The number of rotatable bonds is 60. The van der Waals surface area contributed by atoms with Crippen LogP contribution in [-0.4, -0.2) is 47.4 Å². The Morgan fingerprint density at radius 1 is 0.389 bits per heavy atom. The van der Waals surface area contributed by atoms with Crippen molar-refractivity contribution in [3.05, 3.63) is 36.5 Å². The molecule has 0 radical (unpaired) electrons. The summed E-state index contributed by atoms with van der Waals surface area (Å²) in [5.41, 5.74) is 0. The second kappa shape index (κ2) is 61.6. The smallest absolute Gasteiger partial charge is 0.305 e. The van der Waals surface area contributed by atoms with E-state index < -0.39 is 12.1 Å². The molecular weight excluding hydrogens is 887 g/mol. The molecule has 0 rings (SSSR count). The van der Waals surface area contributed by atoms with Gasteiger partial charge in [-0.3, -0.25) is 9.59 Å². The van der Waals surface area contributed by atoms with Crippen LogP contribution in [0.2, 0.25) is 0 Å². The molecule has 6 nitrogen and oxygen atoms in total. The van der Waals surface area contributed by atoms with E-state index in [1.165, 1.54) is 263 Å². The van der Waals surface area contributed by atoms with E-state index in [0.29, 0.717) is 25.9 Å². The topological polar surface area (TPSA) is 95.9 Å². The SMILES string of the molecule is CCCCC/C=C\C/C=C\CCCCCCCCCCCC(=O)OCCCCCCCCCCCCCC/C=C\CCCCCCCCCCCCC(=O)NC(CO)C(O)CCCCCCCCCCCC. The van der Waals surface area contributed by atoms with Crippen molar-refractivity contribution in [1.82, 2.24) is 5.32 Å². The lowest BCUT2D eigenvalue weighted by Gasteiger charge is -2.22. The van der Waals surface area contributed by atoms with Gasteiger partial charge >= 0.3 is 5.97 Å². The fraction of sp³-hybridized carbons (Fsp3) is 0.879. The first-order valence-electron chi connectivity index (χ1n) is 32.2. The minimum atomic E-state index is -0.664. The quantitative estimate of drug-likeness (QED) is 0.0320. The zero-order valence-electron chi connectivity index (χ0n) is 48.4. The monoisotopic (exact) mass is 1010 g/mol. The van der Waals surface area contributed by atoms with E-state index in [-0.39, 0.29) is 18.5 Å². The molecule has 0 aliphatic carbocycles. The molecule has 2 unspecified atom stereocenters. The number of aliphatic hydroxyl groups is 2. The molecule has 0 heterocycles. The van der Waals surface area contributed by atoms with Crippen molar-refractivity contribution in [3.63, 3.8) is 0 Å². The van der Waals surface area contributed by atoms with Gasteiger partial charge in [-0.15, -0.1) is 0 Å². The molecule has 72 heavy (non-hydrogen) atoms. The summed E-state index contributed by atoms with van der Waals surface area (Å²) in [7, 11) is 0. The first-order chi connectivity index (χ1) is 35.5. The summed E-state index contributed by atoms with van der Waals surface area (Å²) in [5, 5.41) is 23.2. The summed E-state index contributed by atoms with van der Waals surface area (Å²) in [5.74, 6) is -0.0272. The van der Waals surface area contributed by atoms with Crippen LogP contribution >= 0.6 is 0 Å². The van der Waals surface area contributed by atoms with Gasteiger partial charge in [0.15, 0.2) is 0 Å². The lowest BCUT2D eigenvalue weighted by Crippen LogP contribution is -2.45. The van der Waals surface area contributed by atoms with Gasteiger partial charge in [-0.05, 0) is 83.5 Å². The molecule has 0 aromatic carbocycles.